The van der Waals surface area contributed by atoms with E-state index in [9.17, 15) is 9.59 Å². The second kappa shape index (κ2) is 11.9. The molecule has 2 rings (SSSR count). The fourth-order valence-electron chi connectivity index (χ4n) is 2.74. The van der Waals surface area contributed by atoms with Gasteiger partial charge in [-0.25, -0.2) is 0 Å². The molecule has 0 atom stereocenters. The van der Waals surface area contributed by atoms with Gasteiger partial charge in [0, 0.05) is 0 Å². The first-order valence-electron chi connectivity index (χ1n) is 10.2. The molecule has 0 aromatic heterocycles. The van der Waals surface area contributed by atoms with Crippen molar-refractivity contribution in [2.24, 2.45) is 0 Å². The van der Waals surface area contributed by atoms with Crippen molar-refractivity contribution in [1.82, 2.24) is 16.2 Å². The van der Waals surface area contributed by atoms with E-state index in [2.05, 4.69) is 30.0 Å². The third-order valence-electron chi connectivity index (χ3n) is 4.29. The summed E-state index contributed by atoms with van der Waals surface area (Å²) in [7, 11) is 0. The number of ether oxygens (including phenoxy) is 2. The van der Waals surface area contributed by atoms with E-state index in [-0.39, 0.29) is 17.6 Å². The normalized spacial score (nSPS) is 10.4. The molecule has 7 nitrogen and oxygen atoms in total. The van der Waals surface area contributed by atoms with Crippen LogP contribution in [0, 0.1) is 6.92 Å². The Labute approximate surface area is 188 Å². The van der Waals surface area contributed by atoms with Crippen LogP contribution in [0.3, 0.4) is 0 Å². The molecule has 2 aromatic rings. The Bertz CT molecular complexity index is 931. The number of aryl methyl sites for hydroxylation is 1. The van der Waals surface area contributed by atoms with Crippen LogP contribution in [0.2, 0.25) is 0 Å². The summed E-state index contributed by atoms with van der Waals surface area (Å²) in [5.74, 6) is 0.546. The standard InChI is InChI=1S/C23H29N3O4S/c1-5-12-29-19-9-7-6-8-18(19)22(28)24-23(31)26-25-21(27)14-30-20-13-16(4)10-11-17(20)15(2)3/h6-11,13,15H,5,12,14H2,1-4H3,(H,25,27)(H2,24,26,28,31). The summed E-state index contributed by atoms with van der Waals surface area (Å²) in [4.78, 5) is 24.6. The SMILES string of the molecule is CCCOc1ccccc1C(=O)NC(=S)NNC(=O)COc1cc(C)ccc1C(C)C. The molecule has 2 aromatic carbocycles. The minimum Gasteiger partial charge on any atom is -0.493 e. The van der Waals surface area contributed by atoms with Crippen LogP contribution in [0.5, 0.6) is 11.5 Å². The fraction of sp³-hybridized carbons (Fsp3) is 0.348. The van der Waals surface area contributed by atoms with Crippen LogP contribution in [0.4, 0.5) is 0 Å². The average Bonchev–Trinajstić information content (AvgIpc) is 2.74. The number of carbonyl (C=O) groups excluding carboxylic acids is 2. The number of benzene rings is 2. The van der Waals surface area contributed by atoms with Crippen LogP contribution < -0.4 is 25.6 Å². The highest BCUT2D eigenvalue weighted by atomic mass is 32.1. The summed E-state index contributed by atoms with van der Waals surface area (Å²) < 4.78 is 11.3. The van der Waals surface area contributed by atoms with Gasteiger partial charge in [-0.05, 0) is 60.8 Å². The number of hydrazine groups is 1. The molecular weight excluding hydrogens is 414 g/mol. The highest BCUT2D eigenvalue weighted by molar-refractivity contribution is 7.80. The summed E-state index contributed by atoms with van der Waals surface area (Å²) >= 11 is 5.09. The van der Waals surface area contributed by atoms with Gasteiger partial charge in [-0.3, -0.25) is 25.8 Å². The lowest BCUT2D eigenvalue weighted by atomic mass is 10.0. The Morgan fingerprint density at radius 3 is 2.48 bits per heavy atom. The molecule has 166 valence electrons. The maximum Gasteiger partial charge on any atom is 0.276 e. The zero-order valence-electron chi connectivity index (χ0n) is 18.3. The van der Waals surface area contributed by atoms with Crippen molar-refractivity contribution in [3.63, 3.8) is 0 Å². The monoisotopic (exact) mass is 443 g/mol. The van der Waals surface area contributed by atoms with Crippen LogP contribution in [0.15, 0.2) is 42.5 Å². The van der Waals surface area contributed by atoms with Crippen molar-refractivity contribution in [2.75, 3.05) is 13.2 Å². The maximum absolute atomic E-state index is 12.5. The Kier molecular flexibility index (Phi) is 9.27. The molecular formula is C23H29N3O4S. The van der Waals surface area contributed by atoms with E-state index >= 15 is 0 Å². The van der Waals surface area contributed by atoms with Crippen molar-refractivity contribution in [1.29, 1.82) is 0 Å². The molecule has 0 fully saturated rings. The number of thiocarbonyl (C=S) groups is 1. The van der Waals surface area contributed by atoms with E-state index in [1.165, 1.54) is 0 Å². The predicted octanol–water partition coefficient (Wildman–Crippen LogP) is 3.62. The van der Waals surface area contributed by atoms with E-state index in [4.69, 9.17) is 21.7 Å². The molecule has 0 spiro atoms. The molecule has 0 aliphatic heterocycles. The topological polar surface area (TPSA) is 88.7 Å². The van der Waals surface area contributed by atoms with Crippen LogP contribution >= 0.6 is 12.2 Å². The second-order valence-electron chi connectivity index (χ2n) is 7.29. The summed E-state index contributed by atoms with van der Waals surface area (Å²) in [5.41, 5.74) is 7.36. The van der Waals surface area contributed by atoms with Gasteiger partial charge in [0.1, 0.15) is 11.5 Å². The van der Waals surface area contributed by atoms with Crippen molar-refractivity contribution < 1.29 is 19.1 Å². The fourth-order valence-corrected chi connectivity index (χ4v) is 2.89. The minimum atomic E-state index is -0.434. The molecule has 8 heteroatoms. The third kappa shape index (κ3) is 7.57. The van der Waals surface area contributed by atoms with E-state index in [1.807, 2.05) is 32.0 Å². The first-order valence-corrected chi connectivity index (χ1v) is 10.6. The number of nitrogens with one attached hydrogen (secondary N) is 3. The predicted molar refractivity (Wildman–Crippen MR) is 124 cm³/mol. The van der Waals surface area contributed by atoms with Gasteiger partial charge in [-0.15, -0.1) is 0 Å². The average molecular weight is 444 g/mol. The maximum atomic E-state index is 12.5. The van der Waals surface area contributed by atoms with E-state index < -0.39 is 11.8 Å². The molecule has 2 amide bonds. The quantitative estimate of drug-likeness (QED) is 0.427. The molecule has 0 saturated carbocycles. The minimum absolute atomic E-state index is 0.0398. The summed E-state index contributed by atoms with van der Waals surface area (Å²) in [6.07, 6.45) is 0.825. The van der Waals surface area contributed by atoms with Crippen LogP contribution in [-0.2, 0) is 4.79 Å². The van der Waals surface area contributed by atoms with Gasteiger partial charge in [0.2, 0.25) is 0 Å². The highest BCUT2D eigenvalue weighted by Crippen LogP contribution is 2.27. The molecule has 0 bridgehead atoms. The molecule has 0 aliphatic carbocycles. The number of rotatable bonds is 8. The van der Waals surface area contributed by atoms with E-state index in [0.29, 0.717) is 23.7 Å². The summed E-state index contributed by atoms with van der Waals surface area (Å²) in [6.45, 7) is 8.38. The largest absolute Gasteiger partial charge is 0.493 e. The summed E-state index contributed by atoms with van der Waals surface area (Å²) in [5, 5.41) is 2.48. The first kappa shape index (κ1) is 24.1. The lowest BCUT2D eigenvalue weighted by Crippen LogP contribution is -2.49. The number of carbonyl (C=O) groups is 2. The lowest BCUT2D eigenvalue weighted by Gasteiger charge is -2.15. The van der Waals surface area contributed by atoms with Crippen LogP contribution in [-0.4, -0.2) is 30.1 Å². The molecule has 0 radical (unpaired) electrons. The van der Waals surface area contributed by atoms with Gasteiger partial charge in [-0.2, -0.15) is 0 Å². The van der Waals surface area contributed by atoms with Crippen molar-refractivity contribution in [2.45, 2.75) is 40.0 Å². The van der Waals surface area contributed by atoms with Gasteiger partial charge in [0.05, 0.1) is 12.2 Å². The zero-order chi connectivity index (χ0) is 22.8. The molecule has 3 N–H and O–H groups in total. The van der Waals surface area contributed by atoms with Crippen LogP contribution in [0.25, 0.3) is 0 Å². The highest BCUT2D eigenvalue weighted by Gasteiger charge is 2.14. The third-order valence-corrected chi connectivity index (χ3v) is 4.49. The van der Waals surface area contributed by atoms with Gasteiger partial charge in [0.25, 0.3) is 11.8 Å². The lowest BCUT2D eigenvalue weighted by molar-refractivity contribution is -0.123. The molecule has 0 aliphatic rings. The van der Waals surface area contributed by atoms with Gasteiger partial charge < -0.3 is 9.47 Å². The van der Waals surface area contributed by atoms with Gasteiger partial charge >= 0.3 is 0 Å². The van der Waals surface area contributed by atoms with Crippen molar-refractivity contribution in [3.05, 3.63) is 59.2 Å². The molecule has 0 heterocycles. The first-order chi connectivity index (χ1) is 14.8. The summed E-state index contributed by atoms with van der Waals surface area (Å²) in [6, 6.07) is 12.8. The zero-order valence-corrected chi connectivity index (χ0v) is 19.1. The van der Waals surface area contributed by atoms with Crippen molar-refractivity contribution in [3.8, 4) is 11.5 Å². The molecule has 31 heavy (non-hydrogen) atoms. The smallest absolute Gasteiger partial charge is 0.276 e. The number of hydrogen-bond donors (Lipinski definition) is 3. The van der Waals surface area contributed by atoms with Crippen LogP contribution in [0.1, 0.15) is 54.6 Å². The number of amides is 2. The van der Waals surface area contributed by atoms with E-state index in [1.54, 1.807) is 24.3 Å². The Balaban J connectivity index is 1.85. The Morgan fingerprint density at radius 2 is 1.77 bits per heavy atom. The number of para-hydroxylation sites is 1. The van der Waals surface area contributed by atoms with Gasteiger partial charge in [-0.1, -0.05) is 45.0 Å². The second-order valence-corrected chi connectivity index (χ2v) is 7.69. The molecule has 0 unspecified atom stereocenters. The van der Waals surface area contributed by atoms with Gasteiger partial charge in [0.15, 0.2) is 11.7 Å². The van der Waals surface area contributed by atoms with E-state index in [0.717, 1.165) is 17.5 Å². The molecule has 0 saturated heterocycles. The Morgan fingerprint density at radius 1 is 1.03 bits per heavy atom. The number of hydrogen-bond acceptors (Lipinski definition) is 5. The van der Waals surface area contributed by atoms with Crippen molar-refractivity contribution >= 4 is 29.1 Å². The Hall–Kier alpha value is -3.13.